The van der Waals surface area contributed by atoms with Crippen LogP contribution in [0.4, 0.5) is 34.1 Å². The van der Waals surface area contributed by atoms with Crippen LogP contribution in [-0.4, -0.2) is 26.6 Å². The Kier molecular flexibility index (Phi) is 8.02. The molecule has 0 spiro atoms. The lowest BCUT2D eigenvalue weighted by atomic mass is 9.35. The number of nitrogens with zero attached hydrogens (tertiary/aromatic N) is 6. The fourth-order valence-electron chi connectivity index (χ4n) is 8.65. The van der Waals surface area contributed by atoms with E-state index in [2.05, 4.69) is 130 Å². The van der Waals surface area contributed by atoms with Crippen LogP contribution in [0.25, 0.3) is 34.2 Å². The predicted molar refractivity (Wildman–Crippen MR) is 243 cm³/mol. The average Bonchev–Trinajstić information content (AvgIpc) is 3.31. The summed E-state index contributed by atoms with van der Waals surface area (Å²) >= 11 is 3.73. The van der Waals surface area contributed by atoms with Crippen LogP contribution >= 0.6 is 23.5 Å². The summed E-state index contributed by atoms with van der Waals surface area (Å²) < 4.78 is 0. The molecule has 7 aromatic carbocycles. The minimum absolute atomic E-state index is 0.101. The quantitative estimate of drug-likeness (QED) is 0.160. The monoisotopic (exact) mass is 790 g/mol. The van der Waals surface area contributed by atoms with Crippen LogP contribution in [0.3, 0.4) is 0 Å². The van der Waals surface area contributed by atoms with E-state index >= 15 is 0 Å². The minimum Gasteiger partial charge on any atom is -0.310 e. The summed E-state index contributed by atoms with van der Waals surface area (Å²) in [5, 5.41) is 0. The third kappa shape index (κ3) is 5.61. The van der Waals surface area contributed by atoms with E-state index in [1.54, 1.807) is 0 Å². The van der Waals surface area contributed by atoms with Gasteiger partial charge in [-0.2, -0.15) is 0 Å². The van der Waals surface area contributed by atoms with E-state index in [1.807, 2.05) is 96.6 Å². The smallest absolute Gasteiger partial charge is 0.249 e. The second-order valence-corrected chi connectivity index (χ2v) is 16.8. The number of fused-ring (bicyclic) bond motifs is 7. The zero-order valence-corrected chi connectivity index (χ0v) is 33.1. The molecule has 6 nitrogen and oxygen atoms in total. The van der Waals surface area contributed by atoms with E-state index in [0.29, 0.717) is 17.5 Å². The maximum absolute atomic E-state index is 5.02. The number of anilines is 6. The Morgan fingerprint density at radius 2 is 0.949 bits per heavy atom. The van der Waals surface area contributed by atoms with Crippen molar-refractivity contribution in [2.24, 2.45) is 0 Å². The number of benzene rings is 7. The molecule has 0 saturated carbocycles. The first-order valence-electron chi connectivity index (χ1n) is 19.6. The molecule has 3 aliphatic heterocycles. The molecule has 0 amide bonds. The SMILES string of the molecule is c1ccc(-c2nc(-c3ccccc3)nc(-c3ccc(N4c5ccccc5Sc5c4cc4c6c5N(c5ccncc5)c5ccccc5B6c5ccccc5S4)cc3)n2)cc1. The largest absolute Gasteiger partial charge is 0.310 e. The van der Waals surface area contributed by atoms with Gasteiger partial charge in [0.1, 0.15) is 0 Å². The van der Waals surface area contributed by atoms with Crippen LogP contribution in [0.2, 0.25) is 0 Å². The fourth-order valence-corrected chi connectivity index (χ4v) is 11.0. The lowest BCUT2D eigenvalue weighted by molar-refractivity contribution is 1.07. The van der Waals surface area contributed by atoms with Crippen molar-refractivity contribution < 1.29 is 0 Å². The van der Waals surface area contributed by atoms with Gasteiger partial charge in [-0.15, -0.1) is 0 Å². The van der Waals surface area contributed by atoms with Gasteiger partial charge in [-0.1, -0.05) is 138 Å². The number of rotatable bonds is 5. The van der Waals surface area contributed by atoms with Crippen LogP contribution in [0.1, 0.15) is 0 Å². The van der Waals surface area contributed by atoms with Gasteiger partial charge in [-0.25, -0.2) is 15.0 Å². The van der Waals surface area contributed by atoms with Gasteiger partial charge >= 0.3 is 0 Å². The van der Waals surface area contributed by atoms with E-state index in [4.69, 9.17) is 15.0 Å². The van der Waals surface area contributed by atoms with Gasteiger partial charge in [-0.3, -0.25) is 4.98 Å². The highest BCUT2D eigenvalue weighted by molar-refractivity contribution is 8.00. The summed E-state index contributed by atoms with van der Waals surface area (Å²) in [7, 11) is 0. The normalized spacial score (nSPS) is 13.2. The summed E-state index contributed by atoms with van der Waals surface area (Å²) in [4.78, 5) is 29.3. The second kappa shape index (κ2) is 13.9. The maximum Gasteiger partial charge on any atom is 0.249 e. The molecular formula is C50H31BN6S2. The van der Waals surface area contributed by atoms with Gasteiger partial charge in [0.2, 0.25) is 6.71 Å². The Bertz CT molecular complexity index is 3020. The van der Waals surface area contributed by atoms with E-state index in [1.165, 1.54) is 47.3 Å². The molecule has 0 radical (unpaired) electrons. The average molecular weight is 791 g/mol. The molecule has 0 atom stereocenters. The molecule has 0 aliphatic carbocycles. The van der Waals surface area contributed by atoms with Crippen molar-refractivity contribution in [3.8, 4) is 34.2 Å². The maximum atomic E-state index is 5.02. The van der Waals surface area contributed by atoms with Crippen molar-refractivity contribution in [2.45, 2.75) is 19.6 Å². The molecular weight excluding hydrogens is 760 g/mol. The van der Waals surface area contributed by atoms with Gasteiger partial charge in [0, 0.05) is 60.8 Å². The molecule has 5 heterocycles. The topological polar surface area (TPSA) is 58.0 Å². The summed E-state index contributed by atoms with van der Waals surface area (Å²) in [6.07, 6.45) is 3.79. The molecule has 0 N–H and O–H groups in total. The molecule has 3 aliphatic rings. The predicted octanol–water partition coefficient (Wildman–Crippen LogP) is 11.0. The lowest BCUT2D eigenvalue weighted by Crippen LogP contribution is -2.60. The highest BCUT2D eigenvalue weighted by Gasteiger charge is 2.44. The fraction of sp³-hybridized carbons (Fsp3) is 0. The van der Waals surface area contributed by atoms with Gasteiger partial charge < -0.3 is 9.80 Å². The van der Waals surface area contributed by atoms with Crippen LogP contribution < -0.4 is 26.2 Å². The first-order chi connectivity index (χ1) is 29.3. The lowest BCUT2D eigenvalue weighted by Gasteiger charge is -2.44. The molecule has 59 heavy (non-hydrogen) atoms. The van der Waals surface area contributed by atoms with Crippen molar-refractivity contribution in [1.82, 2.24) is 19.9 Å². The molecule has 9 aromatic rings. The number of aromatic nitrogens is 4. The Hall–Kier alpha value is -6.94. The first kappa shape index (κ1) is 34.1. The highest BCUT2D eigenvalue weighted by atomic mass is 32.2. The molecule has 2 aromatic heterocycles. The van der Waals surface area contributed by atoms with Gasteiger partial charge in [0.25, 0.3) is 0 Å². The number of pyridine rings is 1. The molecule has 0 unspecified atom stereocenters. The van der Waals surface area contributed by atoms with Crippen LogP contribution in [-0.2, 0) is 0 Å². The summed E-state index contributed by atoms with van der Waals surface area (Å²) in [6, 6.07) is 62.2. The van der Waals surface area contributed by atoms with E-state index in [0.717, 1.165) is 39.4 Å². The van der Waals surface area contributed by atoms with Crippen molar-refractivity contribution in [3.05, 3.63) is 188 Å². The van der Waals surface area contributed by atoms with Crippen LogP contribution in [0, 0.1) is 0 Å². The highest BCUT2D eigenvalue weighted by Crippen LogP contribution is 2.58. The zero-order valence-electron chi connectivity index (χ0n) is 31.5. The van der Waals surface area contributed by atoms with Gasteiger partial charge in [0.05, 0.1) is 22.0 Å². The summed E-state index contributed by atoms with van der Waals surface area (Å²) in [5.41, 5.74) is 13.7. The molecule has 9 heteroatoms. The third-order valence-electron chi connectivity index (χ3n) is 11.3. The number of hydrogen-bond acceptors (Lipinski definition) is 8. The van der Waals surface area contributed by atoms with Crippen LogP contribution in [0.15, 0.2) is 208 Å². The van der Waals surface area contributed by atoms with Crippen molar-refractivity contribution in [2.75, 3.05) is 9.80 Å². The van der Waals surface area contributed by atoms with Gasteiger partial charge in [-0.05, 0) is 77.7 Å². The number of para-hydroxylation sites is 2. The van der Waals surface area contributed by atoms with E-state index < -0.39 is 0 Å². The Balaban J connectivity index is 1.05. The second-order valence-electron chi connectivity index (χ2n) is 14.6. The molecule has 0 bridgehead atoms. The Labute approximate surface area is 350 Å². The third-order valence-corrected chi connectivity index (χ3v) is 13.6. The molecule has 12 rings (SSSR count). The standard InChI is InChI=1S/C50H31BN6S2/c1-3-13-32(14-4-1)48-53-49(33-15-5-2-6-16-33)55-50(54-48)34-23-25-35(26-24-34)56-40-20-10-12-22-43(40)59-47-41(56)31-44-45-46(47)57(36-27-29-52-30-28-36)39-19-9-7-17-37(39)51(45)38-18-8-11-21-42(38)58-44/h1-31H. The van der Waals surface area contributed by atoms with Crippen molar-refractivity contribution in [3.63, 3.8) is 0 Å². The van der Waals surface area contributed by atoms with Crippen molar-refractivity contribution >= 4 is 80.7 Å². The van der Waals surface area contributed by atoms with E-state index in [-0.39, 0.29) is 6.71 Å². The molecule has 0 fully saturated rings. The first-order valence-corrected chi connectivity index (χ1v) is 21.2. The minimum atomic E-state index is 0.101. The molecule has 0 saturated heterocycles. The zero-order chi connectivity index (χ0) is 38.9. The Morgan fingerprint density at radius 3 is 1.63 bits per heavy atom. The van der Waals surface area contributed by atoms with E-state index in [9.17, 15) is 0 Å². The number of hydrogen-bond donors (Lipinski definition) is 0. The van der Waals surface area contributed by atoms with Gasteiger partial charge in [0.15, 0.2) is 17.5 Å². The van der Waals surface area contributed by atoms with Crippen molar-refractivity contribution in [1.29, 1.82) is 0 Å². The Morgan fingerprint density at radius 1 is 0.407 bits per heavy atom. The summed E-state index contributed by atoms with van der Waals surface area (Å²) in [6.45, 7) is 0.101. The van der Waals surface area contributed by atoms with Crippen LogP contribution in [0.5, 0.6) is 0 Å². The summed E-state index contributed by atoms with van der Waals surface area (Å²) in [5.74, 6) is 1.92. The molecule has 276 valence electrons.